The van der Waals surface area contributed by atoms with Gasteiger partial charge in [0.1, 0.15) is 5.60 Å². The molecule has 0 radical (unpaired) electrons. The molecule has 1 heterocycles. The largest absolute Gasteiger partial charge is 0.444 e. The number of ether oxygens (including phenoxy) is 1. The maximum Gasteiger partial charge on any atom is 0.407 e. The van der Waals surface area contributed by atoms with Crippen LogP contribution in [0.15, 0.2) is 24.3 Å². The van der Waals surface area contributed by atoms with Gasteiger partial charge in [-0.2, -0.15) is 0 Å². The molecule has 2 amide bonds. The van der Waals surface area contributed by atoms with Crippen molar-refractivity contribution in [1.82, 2.24) is 10.2 Å². The number of nitrogens with one attached hydrogen (secondary N) is 1. The highest BCUT2D eigenvalue weighted by molar-refractivity contribution is 8.13. The van der Waals surface area contributed by atoms with Gasteiger partial charge >= 0.3 is 6.09 Å². The van der Waals surface area contributed by atoms with Crippen molar-refractivity contribution < 1.29 is 19.1 Å². The van der Waals surface area contributed by atoms with Crippen LogP contribution in [0.25, 0.3) is 0 Å². The first kappa shape index (κ1) is 21.3. The molecule has 1 unspecified atom stereocenters. The van der Waals surface area contributed by atoms with Crippen molar-refractivity contribution >= 4 is 28.9 Å². The van der Waals surface area contributed by atoms with E-state index in [0.717, 1.165) is 11.1 Å². The molecule has 2 rings (SSSR count). The number of benzene rings is 1. The Balaban J connectivity index is 1.81. The van der Waals surface area contributed by atoms with E-state index in [0.29, 0.717) is 31.8 Å². The van der Waals surface area contributed by atoms with Gasteiger partial charge in [0.2, 0.25) is 5.91 Å². The first-order chi connectivity index (χ1) is 12.6. The van der Waals surface area contributed by atoms with Crippen molar-refractivity contribution in [3.8, 4) is 0 Å². The van der Waals surface area contributed by atoms with Crippen LogP contribution in [0.2, 0.25) is 0 Å². The highest BCUT2D eigenvalue weighted by Crippen LogP contribution is 2.24. The molecule has 1 aliphatic rings. The van der Waals surface area contributed by atoms with Crippen LogP contribution in [-0.4, -0.2) is 39.9 Å². The Kier molecular flexibility index (Phi) is 7.30. The molecule has 7 heteroatoms. The van der Waals surface area contributed by atoms with Crippen LogP contribution in [0, 0.1) is 5.92 Å². The van der Waals surface area contributed by atoms with Crippen molar-refractivity contribution in [2.24, 2.45) is 5.92 Å². The van der Waals surface area contributed by atoms with Crippen molar-refractivity contribution in [1.29, 1.82) is 0 Å². The minimum absolute atomic E-state index is 0.0940. The summed E-state index contributed by atoms with van der Waals surface area (Å²) >= 11 is 1.29. The van der Waals surface area contributed by atoms with E-state index in [1.54, 1.807) is 6.92 Å². The third-order valence-electron chi connectivity index (χ3n) is 4.05. The smallest absolute Gasteiger partial charge is 0.407 e. The van der Waals surface area contributed by atoms with E-state index in [1.807, 2.05) is 49.9 Å². The second-order valence-corrected chi connectivity index (χ2v) is 9.02. The number of rotatable bonds is 6. The maximum absolute atomic E-state index is 12.2. The second kappa shape index (κ2) is 9.26. The first-order valence-corrected chi connectivity index (χ1v) is 10.1. The van der Waals surface area contributed by atoms with Crippen molar-refractivity contribution in [2.75, 3.05) is 12.3 Å². The van der Waals surface area contributed by atoms with Crippen LogP contribution < -0.4 is 5.32 Å². The predicted octanol–water partition coefficient (Wildman–Crippen LogP) is 3.34. The number of carbonyl (C=O) groups excluding carboxylic acids is 3. The van der Waals surface area contributed by atoms with Gasteiger partial charge in [0.15, 0.2) is 5.12 Å². The van der Waals surface area contributed by atoms with E-state index in [-0.39, 0.29) is 16.9 Å². The van der Waals surface area contributed by atoms with Crippen LogP contribution in [0.4, 0.5) is 4.79 Å². The van der Waals surface area contributed by atoms with Gasteiger partial charge < -0.3 is 15.0 Å². The minimum Gasteiger partial charge on any atom is -0.444 e. The summed E-state index contributed by atoms with van der Waals surface area (Å²) in [5, 5.41) is 2.82. The molecule has 1 saturated heterocycles. The lowest BCUT2D eigenvalue weighted by molar-refractivity contribution is -0.128. The number of thioether (sulfide) groups is 1. The zero-order valence-electron chi connectivity index (χ0n) is 16.4. The number of amides is 2. The van der Waals surface area contributed by atoms with Crippen LogP contribution in [0.5, 0.6) is 0 Å². The Hall–Kier alpha value is -2.02. The molecule has 1 atom stereocenters. The van der Waals surface area contributed by atoms with Gasteiger partial charge in [0.05, 0.1) is 0 Å². The Bertz CT molecular complexity index is 682. The molecular formula is C20H28N2O4S. The summed E-state index contributed by atoms with van der Waals surface area (Å²) in [5.74, 6) is 1.08. The zero-order valence-corrected chi connectivity index (χ0v) is 17.2. The van der Waals surface area contributed by atoms with Crippen molar-refractivity contribution in [3.63, 3.8) is 0 Å². The van der Waals surface area contributed by atoms with Crippen LogP contribution >= 0.6 is 11.8 Å². The van der Waals surface area contributed by atoms with Gasteiger partial charge in [-0.05, 0) is 37.8 Å². The number of alkyl carbamates (subject to hydrolysis) is 1. The Morgan fingerprint density at radius 1 is 1.22 bits per heavy atom. The van der Waals surface area contributed by atoms with E-state index in [2.05, 4.69) is 5.32 Å². The Labute approximate surface area is 165 Å². The third kappa shape index (κ3) is 7.62. The molecule has 1 aromatic rings. The summed E-state index contributed by atoms with van der Waals surface area (Å²) < 4.78 is 5.21. The lowest BCUT2D eigenvalue weighted by Crippen LogP contribution is -2.32. The SMILES string of the molecule is CC(=O)SCC1CC(=O)N(Cc2ccc(CNC(=O)OC(C)(C)C)cc2)C1. The van der Waals surface area contributed by atoms with Crippen LogP contribution in [0.3, 0.4) is 0 Å². The molecule has 0 aliphatic carbocycles. The van der Waals surface area contributed by atoms with Gasteiger partial charge in [-0.3, -0.25) is 9.59 Å². The Morgan fingerprint density at radius 3 is 2.44 bits per heavy atom. The van der Waals surface area contributed by atoms with Crippen LogP contribution in [-0.2, 0) is 27.4 Å². The maximum atomic E-state index is 12.2. The summed E-state index contributed by atoms with van der Waals surface area (Å²) in [6.45, 7) is 8.68. The fraction of sp³-hybridized carbons (Fsp3) is 0.550. The molecule has 148 valence electrons. The molecule has 0 spiro atoms. The molecule has 0 saturated carbocycles. The van der Waals surface area contributed by atoms with E-state index in [4.69, 9.17) is 4.74 Å². The standard InChI is InChI=1S/C20H28N2O4S/c1-14(23)27-13-17-9-18(24)22(12-17)11-16-7-5-15(6-8-16)10-21-19(25)26-20(2,3)4/h5-8,17H,9-13H2,1-4H3,(H,21,25). The summed E-state index contributed by atoms with van der Waals surface area (Å²) in [6.07, 6.45) is 0.0711. The first-order valence-electron chi connectivity index (χ1n) is 9.08. The number of hydrogen-bond donors (Lipinski definition) is 1. The summed E-state index contributed by atoms with van der Waals surface area (Å²) in [4.78, 5) is 36.8. The Morgan fingerprint density at radius 2 is 1.85 bits per heavy atom. The quantitative estimate of drug-likeness (QED) is 0.804. The second-order valence-electron chi connectivity index (χ2n) is 7.82. The average molecular weight is 393 g/mol. The fourth-order valence-electron chi connectivity index (χ4n) is 2.82. The van der Waals surface area contributed by atoms with Gasteiger partial charge in [-0.25, -0.2) is 4.79 Å². The molecular weight excluding hydrogens is 364 g/mol. The third-order valence-corrected chi connectivity index (χ3v) is 5.09. The van der Waals surface area contributed by atoms with Crippen molar-refractivity contribution in [3.05, 3.63) is 35.4 Å². The number of carbonyl (C=O) groups is 3. The highest BCUT2D eigenvalue weighted by Gasteiger charge is 2.29. The topological polar surface area (TPSA) is 75.7 Å². The van der Waals surface area contributed by atoms with Crippen LogP contribution in [0.1, 0.15) is 45.2 Å². The molecule has 0 aromatic heterocycles. The van der Waals surface area contributed by atoms with Gasteiger partial charge in [0.25, 0.3) is 0 Å². The van der Waals surface area contributed by atoms with E-state index < -0.39 is 11.7 Å². The summed E-state index contributed by atoms with van der Waals surface area (Å²) in [7, 11) is 0. The summed E-state index contributed by atoms with van der Waals surface area (Å²) in [5.41, 5.74) is 1.49. The molecule has 1 aliphatic heterocycles. The van der Waals surface area contributed by atoms with Gasteiger partial charge in [-0.1, -0.05) is 36.0 Å². The van der Waals surface area contributed by atoms with Gasteiger partial charge in [-0.15, -0.1) is 0 Å². The predicted molar refractivity (Wildman–Crippen MR) is 106 cm³/mol. The monoisotopic (exact) mass is 392 g/mol. The molecule has 1 N–H and O–H groups in total. The van der Waals surface area contributed by atoms with E-state index in [1.165, 1.54) is 11.8 Å². The average Bonchev–Trinajstić information content (AvgIpc) is 2.91. The molecule has 1 fully saturated rings. The normalized spacial score (nSPS) is 17.1. The number of likely N-dealkylation sites (tertiary alicyclic amines) is 1. The molecule has 1 aromatic carbocycles. The fourth-order valence-corrected chi connectivity index (χ4v) is 3.52. The van der Waals surface area contributed by atoms with Crippen molar-refractivity contribution in [2.45, 2.75) is 52.8 Å². The highest BCUT2D eigenvalue weighted by atomic mass is 32.2. The number of hydrogen-bond acceptors (Lipinski definition) is 5. The number of nitrogens with zero attached hydrogens (tertiary/aromatic N) is 1. The lowest BCUT2D eigenvalue weighted by Gasteiger charge is -2.20. The minimum atomic E-state index is -0.517. The molecule has 27 heavy (non-hydrogen) atoms. The summed E-state index contributed by atoms with van der Waals surface area (Å²) in [6, 6.07) is 7.82. The molecule has 6 nitrogen and oxygen atoms in total. The molecule has 0 bridgehead atoms. The van der Waals surface area contributed by atoms with Gasteiger partial charge in [0, 0.05) is 38.7 Å². The van der Waals surface area contributed by atoms with E-state index in [9.17, 15) is 14.4 Å². The zero-order chi connectivity index (χ0) is 20.0. The lowest BCUT2D eigenvalue weighted by atomic mass is 10.1. The van der Waals surface area contributed by atoms with E-state index >= 15 is 0 Å².